The van der Waals surface area contributed by atoms with Crippen LogP contribution in [0.25, 0.3) is 0 Å². The van der Waals surface area contributed by atoms with Gasteiger partial charge in [-0.05, 0) is 24.1 Å². The summed E-state index contributed by atoms with van der Waals surface area (Å²) in [5, 5.41) is 11.2. The van der Waals surface area contributed by atoms with E-state index in [0.717, 1.165) is 5.56 Å². The van der Waals surface area contributed by atoms with Crippen LogP contribution in [0.1, 0.15) is 12.0 Å². The van der Waals surface area contributed by atoms with Crippen LogP contribution in [-0.2, 0) is 20.7 Å². The number of hydrogen-bond acceptors (Lipinski definition) is 3. The molecule has 0 aromatic heterocycles. The van der Waals surface area contributed by atoms with Crippen molar-refractivity contribution in [3.05, 3.63) is 35.6 Å². The number of carboxylic acid groups (broad SMARTS) is 1. The lowest BCUT2D eigenvalue weighted by molar-refractivity contribution is -0.148. The maximum Gasteiger partial charge on any atom is 0.334 e. The first-order valence-corrected chi connectivity index (χ1v) is 5.79. The van der Waals surface area contributed by atoms with Gasteiger partial charge in [-0.15, -0.1) is 0 Å². The second-order valence-corrected chi connectivity index (χ2v) is 3.99. The molecule has 0 heterocycles. The Labute approximate surface area is 110 Å². The van der Waals surface area contributed by atoms with E-state index in [1.807, 2.05) is 0 Å². The van der Waals surface area contributed by atoms with Crippen molar-refractivity contribution in [1.82, 2.24) is 5.32 Å². The minimum Gasteiger partial charge on any atom is -0.479 e. The van der Waals surface area contributed by atoms with Crippen LogP contribution in [0.3, 0.4) is 0 Å². The topological polar surface area (TPSA) is 75.6 Å². The minimum atomic E-state index is -1.12. The first kappa shape index (κ1) is 15.1. The number of methoxy groups -OCH3 is 1. The number of amides is 1. The Balaban J connectivity index is 2.31. The number of aryl methyl sites for hydroxylation is 1. The molecular formula is C13H16FNO4. The highest BCUT2D eigenvalue weighted by atomic mass is 19.1. The van der Waals surface area contributed by atoms with E-state index in [1.54, 1.807) is 12.1 Å². The van der Waals surface area contributed by atoms with Crippen LogP contribution >= 0.6 is 0 Å². The molecule has 0 aliphatic heterocycles. The Morgan fingerprint density at radius 1 is 1.37 bits per heavy atom. The van der Waals surface area contributed by atoms with E-state index in [-0.39, 0.29) is 24.7 Å². The van der Waals surface area contributed by atoms with Crippen LogP contribution in [-0.4, -0.2) is 36.7 Å². The van der Waals surface area contributed by atoms with Gasteiger partial charge in [0.15, 0.2) is 6.10 Å². The molecule has 1 unspecified atom stereocenters. The summed E-state index contributed by atoms with van der Waals surface area (Å²) in [6, 6.07) is 5.88. The highest BCUT2D eigenvalue weighted by molar-refractivity contribution is 5.78. The number of hydrogen-bond donors (Lipinski definition) is 2. The molecule has 1 atom stereocenters. The van der Waals surface area contributed by atoms with Gasteiger partial charge < -0.3 is 15.2 Å². The summed E-state index contributed by atoms with van der Waals surface area (Å²) < 4.78 is 17.3. The first-order chi connectivity index (χ1) is 9.02. The van der Waals surface area contributed by atoms with E-state index in [1.165, 1.54) is 19.2 Å². The minimum absolute atomic E-state index is 0.0753. The van der Waals surface area contributed by atoms with Gasteiger partial charge in [0.05, 0.1) is 6.54 Å². The van der Waals surface area contributed by atoms with Crippen LogP contribution in [0.15, 0.2) is 24.3 Å². The number of halogens is 1. The molecule has 0 aliphatic carbocycles. The second-order valence-electron chi connectivity index (χ2n) is 3.99. The molecular weight excluding hydrogens is 253 g/mol. The van der Waals surface area contributed by atoms with Gasteiger partial charge in [-0.2, -0.15) is 0 Å². The number of aliphatic carboxylic acids is 1. The zero-order chi connectivity index (χ0) is 14.3. The van der Waals surface area contributed by atoms with Crippen LogP contribution in [0, 0.1) is 5.82 Å². The van der Waals surface area contributed by atoms with E-state index in [9.17, 15) is 14.0 Å². The van der Waals surface area contributed by atoms with Gasteiger partial charge in [0.1, 0.15) is 5.82 Å². The van der Waals surface area contributed by atoms with Crippen molar-refractivity contribution in [2.24, 2.45) is 0 Å². The molecule has 1 aromatic carbocycles. The lowest BCUT2D eigenvalue weighted by Crippen LogP contribution is -2.37. The van der Waals surface area contributed by atoms with E-state index in [4.69, 9.17) is 5.11 Å². The summed E-state index contributed by atoms with van der Waals surface area (Å²) in [5.74, 6) is -1.72. The molecule has 0 saturated carbocycles. The zero-order valence-corrected chi connectivity index (χ0v) is 10.6. The number of carbonyl (C=O) groups is 2. The molecule has 5 nitrogen and oxygen atoms in total. The highest BCUT2D eigenvalue weighted by Gasteiger charge is 2.16. The molecule has 104 valence electrons. The van der Waals surface area contributed by atoms with E-state index in [2.05, 4.69) is 10.1 Å². The number of ether oxygens (including phenoxy) is 1. The van der Waals surface area contributed by atoms with Gasteiger partial charge in [-0.25, -0.2) is 9.18 Å². The lowest BCUT2D eigenvalue weighted by atomic mass is 10.1. The van der Waals surface area contributed by atoms with E-state index < -0.39 is 12.1 Å². The van der Waals surface area contributed by atoms with Crippen molar-refractivity contribution >= 4 is 11.9 Å². The number of benzene rings is 1. The molecule has 1 amide bonds. The van der Waals surface area contributed by atoms with Gasteiger partial charge in [-0.1, -0.05) is 12.1 Å². The Hall–Kier alpha value is -1.95. The Bertz CT molecular complexity index is 433. The van der Waals surface area contributed by atoms with Gasteiger partial charge in [0.25, 0.3) is 0 Å². The van der Waals surface area contributed by atoms with Crippen molar-refractivity contribution < 1.29 is 23.8 Å². The van der Waals surface area contributed by atoms with Crippen LogP contribution < -0.4 is 5.32 Å². The summed E-state index contributed by atoms with van der Waals surface area (Å²) >= 11 is 0. The molecule has 0 fully saturated rings. The third kappa shape index (κ3) is 5.48. The van der Waals surface area contributed by atoms with Gasteiger partial charge in [0.2, 0.25) is 5.91 Å². The average Bonchev–Trinajstić information content (AvgIpc) is 2.38. The lowest BCUT2D eigenvalue weighted by Gasteiger charge is -2.11. The maximum absolute atomic E-state index is 12.7. The van der Waals surface area contributed by atoms with Crippen molar-refractivity contribution in [2.45, 2.75) is 18.9 Å². The average molecular weight is 269 g/mol. The smallest absolute Gasteiger partial charge is 0.334 e. The normalized spacial score (nSPS) is 11.9. The number of nitrogens with one attached hydrogen (secondary N) is 1. The van der Waals surface area contributed by atoms with Crippen molar-refractivity contribution in [2.75, 3.05) is 13.7 Å². The molecule has 0 aliphatic rings. The van der Waals surface area contributed by atoms with Gasteiger partial charge in [-0.3, -0.25) is 4.79 Å². The highest BCUT2D eigenvalue weighted by Crippen LogP contribution is 2.05. The predicted octanol–water partition coefficient (Wildman–Crippen LogP) is 0.974. The summed E-state index contributed by atoms with van der Waals surface area (Å²) in [6.45, 7) is -0.0753. The standard InChI is InChI=1S/C13H16FNO4/c1-19-11(13(17)18)8-15-12(16)7-4-9-2-5-10(14)6-3-9/h2-3,5-6,11H,4,7-8H2,1H3,(H,15,16)(H,17,18). The fraction of sp³-hybridized carbons (Fsp3) is 0.385. The SMILES string of the molecule is COC(CNC(=O)CCc1ccc(F)cc1)C(=O)O. The molecule has 2 N–H and O–H groups in total. The largest absolute Gasteiger partial charge is 0.479 e. The molecule has 19 heavy (non-hydrogen) atoms. The van der Waals surface area contributed by atoms with Crippen molar-refractivity contribution in [3.8, 4) is 0 Å². The van der Waals surface area contributed by atoms with E-state index >= 15 is 0 Å². The zero-order valence-electron chi connectivity index (χ0n) is 10.6. The van der Waals surface area contributed by atoms with Crippen molar-refractivity contribution in [3.63, 3.8) is 0 Å². The molecule has 0 spiro atoms. The Morgan fingerprint density at radius 2 is 2.00 bits per heavy atom. The molecule has 0 radical (unpaired) electrons. The number of carbonyl (C=O) groups excluding carboxylic acids is 1. The van der Waals surface area contributed by atoms with Crippen molar-refractivity contribution in [1.29, 1.82) is 0 Å². The first-order valence-electron chi connectivity index (χ1n) is 5.79. The van der Waals surface area contributed by atoms with Crippen LogP contribution in [0.5, 0.6) is 0 Å². The molecule has 6 heteroatoms. The third-order valence-electron chi connectivity index (χ3n) is 2.60. The molecule has 0 bridgehead atoms. The third-order valence-corrected chi connectivity index (χ3v) is 2.60. The maximum atomic E-state index is 12.7. The Morgan fingerprint density at radius 3 is 2.53 bits per heavy atom. The predicted molar refractivity (Wildman–Crippen MR) is 66.2 cm³/mol. The van der Waals surface area contributed by atoms with Crippen LogP contribution in [0.2, 0.25) is 0 Å². The van der Waals surface area contributed by atoms with Gasteiger partial charge in [0, 0.05) is 13.5 Å². The Kier molecular flexibility index (Phi) is 5.95. The molecule has 0 saturated heterocycles. The summed E-state index contributed by atoms with van der Waals surface area (Å²) in [6.07, 6.45) is -0.367. The number of carboxylic acids is 1. The summed E-state index contributed by atoms with van der Waals surface area (Å²) in [5.41, 5.74) is 0.845. The van der Waals surface area contributed by atoms with E-state index in [0.29, 0.717) is 6.42 Å². The molecule has 1 aromatic rings. The fourth-order valence-electron chi connectivity index (χ4n) is 1.48. The van der Waals surface area contributed by atoms with Crippen LogP contribution in [0.4, 0.5) is 4.39 Å². The van der Waals surface area contributed by atoms with Gasteiger partial charge >= 0.3 is 5.97 Å². The monoisotopic (exact) mass is 269 g/mol. The second kappa shape index (κ2) is 7.48. The molecule has 1 rings (SSSR count). The number of rotatable bonds is 7. The fourth-order valence-corrected chi connectivity index (χ4v) is 1.48. The summed E-state index contributed by atoms with van der Waals surface area (Å²) in [7, 11) is 1.27. The quantitative estimate of drug-likeness (QED) is 0.773. The summed E-state index contributed by atoms with van der Waals surface area (Å²) in [4.78, 5) is 22.1.